The lowest BCUT2D eigenvalue weighted by atomic mass is 10.2. The molecule has 0 bridgehead atoms. The second-order valence-electron chi connectivity index (χ2n) is 4.51. The Morgan fingerprint density at radius 1 is 1.09 bits per heavy atom. The maximum atomic E-state index is 11.7. The third kappa shape index (κ3) is 5.03. The van der Waals surface area contributed by atoms with Crippen molar-refractivity contribution in [2.24, 2.45) is 5.10 Å². The summed E-state index contributed by atoms with van der Waals surface area (Å²) in [4.78, 5) is 11.7. The molecule has 0 spiro atoms. The molecule has 2 aromatic carbocycles. The number of para-hydroxylation sites is 2. The number of hydrogen-bond donors (Lipinski definition) is 1. The SMILES string of the molecule is COc1cccc(/C=N/NC(=O)COc2ccccc2OC)c1. The highest BCUT2D eigenvalue weighted by atomic mass is 16.5. The van der Waals surface area contributed by atoms with E-state index in [4.69, 9.17) is 14.2 Å². The van der Waals surface area contributed by atoms with Gasteiger partial charge < -0.3 is 14.2 Å². The van der Waals surface area contributed by atoms with Crippen molar-refractivity contribution in [3.05, 3.63) is 54.1 Å². The van der Waals surface area contributed by atoms with E-state index in [1.165, 1.54) is 6.21 Å². The summed E-state index contributed by atoms with van der Waals surface area (Å²) in [6.45, 7) is -0.157. The molecule has 2 rings (SSSR count). The summed E-state index contributed by atoms with van der Waals surface area (Å²) in [5.74, 6) is 1.43. The van der Waals surface area contributed by atoms with Gasteiger partial charge in [-0.3, -0.25) is 4.79 Å². The lowest BCUT2D eigenvalue weighted by Gasteiger charge is -2.09. The van der Waals surface area contributed by atoms with Crippen molar-refractivity contribution in [3.8, 4) is 17.2 Å². The highest BCUT2D eigenvalue weighted by molar-refractivity contribution is 5.83. The van der Waals surface area contributed by atoms with E-state index in [0.29, 0.717) is 11.5 Å². The van der Waals surface area contributed by atoms with Crippen LogP contribution in [0.5, 0.6) is 17.2 Å². The van der Waals surface area contributed by atoms with Crippen molar-refractivity contribution in [2.45, 2.75) is 0 Å². The number of ether oxygens (including phenoxy) is 3. The Morgan fingerprint density at radius 3 is 2.61 bits per heavy atom. The number of rotatable bonds is 7. The van der Waals surface area contributed by atoms with Crippen LogP contribution in [0.1, 0.15) is 5.56 Å². The molecule has 0 aliphatic rings. The molecule has 0 atom stereocenters. The zero-order valence-electron chi connectivity index (χ0n) is 13.0. The van der Waals surface area contributed by atoms with E-state index in [1.807, 2.05) is 24.3 Å². The Morgan fingerprint density at radius 2 is 1.87 bits per heavy atom. The predicted octanol–water partition coefficient (Wildman–Crippen LogP) is 2.23. The second-order valence-corrected chi connectivity index (χ2v) is 4.51. The van der Waals surface area contributed by atoms with E-state index < -0.39 is 0 Å². The number of hydrazone groups is 1. The Kier molecular flexibility index (Phi) is 5.99. The molecule has 0 heterocycles. The Bertz CT molecular complexity index is 686. The van der Waals surface area contributed by atoms with Gasteiger partial charge in [0.1, 0.15) is 5.75 Å². The Hall–Kier alpha value is -3.02. The fraction of sp³-hybridized carbons (Fsp3) is 0.176. The molecule has 6 heteroatoms. The summed E-state index contributed by atoms with van der Waals surface area (Å²) in [6.07, 6.45) is 1.53. The largest absolute Gasteiger partial charge is 0.497 e. The van der Waals surface area contributed by atoms with E-state index in [-0.39, 0.29) is 12.5 Å². The average Bonchev–Trinajstić information content (AvgIpc) is 2.60. The monoisotopic (exact) mass is 314 g/mol. The summed E-state index contributed by atoms with van der Waals surface area (Å²) in [7, 11) is 3.13. The zero-order chi connectivity index (χ0) is 16.5. The van der Waals surface area contributed by atoms with E-state index in [9.17, 15) is 4.79 Å². The fourth-order valence-electron chi connectivity index (χ4n) is 1.81. The predicted molar refractivity (Wildman–Crippen MR) is 87.2 cm³/mol. The van der Waals surface area contributed by atoms with E-state index in [0.717, 1.165) is 11.3 Å². The number of methoxy groups -OCH3 is 2. The van der Waals surface area contributed by atoms with Gasteiger partial charge in [0.05, 0.1) is 20.4 Å². The van der Waals surface area contributed by atoms with Crippen LogP contribution < -0.4 is 19.6 Å². The van der Waals surface area contributed by atoms with Gasteiger partial charge in [0, 0.05) is 0 Å². The van der Waals surface area contributed by atoms with Crippen molar-refractivity contribution in [1.82, 2.24) is 5.43 Å². The van der Waals surface area contributed by atoms with Crippen LogP contribution in [-0.4, -0.2) is 32.9 Å². The molecule has 1 amide bonds. The van der Waals surface area contributed by atoms with Crippen LogP contribution >= 0.6 is 0 Å². The molecule has 2 aromatic rings. The van der Waals surface area contributed by atoms with Crippen molar-refractivity contribution < 1.29 is 19.0 Å². The number of amides is 1. The topological polar surface area (TPSA) is 69.2 Å². The van der Waals surface area contributed by atoms with E-state index >= 15 is 0 Å². The minimum Gasteiger partial charge on any atom is -0.497 e. The molecule has 0 saturated heterocycles. The van der Waals surface area contributed by atoms with Crippen LogP contribution in [0.3, 0.4) is 0 Å². The number of benzene rings is 2. The van der Waals surface area contributed by atoms with Crippen molar-refractivity contribution >= 4 is 12.1 Å². The Balaban J connectivity index is 1.84. The van der Waals surface area contributed by atoms with Gasteiger partial charge in [0.15, 0.2) is 18.1 Å². The van der Waals surface area contributed by atoms with Crippen LogP contribution in [0.15, 0.2) is 53.6 Å². The first-order valence-electron chi connectivity index (χ1n) is 6.94. The number of carbonyl (C=O) groups is 1. The van der Waals surface area contributed by atoms with Gasteiger partial charge >= 0.3 is 0 Å². The first-order valence-corrected chi connectivity index (χ1v) is 6.94. The molecule has 0 aliphatic heterocycles. The van der Waals surface area contributed by atoms with Gasteiger partial charge in [0.25, 0.3) is 5.91 Å². The third-order valence-corrected chi connectivity index (χ3v) is 2.92. The van der Waals surface area contributed by atoms with Crippen LogP contribution in [-0.2, 0) is 4.79 Å². The molecule has 6 nitrogen and oxygen atoms in total. The summed E-state index contributed by atoms with van der Waals surface area (Å²) < 4.78 is 15.6. The van der Waals surface area contributed by atoms with Gasteiger partial charge in [-0.1, -0.05) is 24.3 Å². The van der Waals surface area contributed by atoms with Crippen LogP contribution in [0.4, 0.5) is 0 Å². The zero-order valence-corrected chi connectivity index (χ0v) is 13.0. The van der Waals surface area contributed by atoms with E-state index in [2.05, 4.69) is 10.5 Å². The van der Waals surface area contributed by atoms with Crippen LogP contribution in [0.2, 0.25) is 0 Å². The van der Waals surface area contributed by atoms with E-state index in [1.54, 1.807) is 38.5 Å². The average molecular weight is 314 g/mol. The lowest BCUT2D eigenvalue weighted by molar-refractivity contribution is -0.123. The molecule has 1 N–H and O–H groups in total. The maximum absolute atomic E-state index is 11.7. The first kappa shape index (κ1) is 16.4. The van der Waals surface area contributed by atoms with Crippen molar-refractivity contribution in [3.63, 3.8) is 0 Å². The first-order chi connectivity index (χ1) is 11.2. The highest BCUT2D eigenvalue weighted by Crippen LogP contribution is 2.25. The molecule has 0 aromatic heterocycles. The molecule has 0 aliphatic carbocycles. The van der Waals surface area contributed by atoms with Gasteiger partial charge in [0.2, 0.25) is 0 Å². The van der Waals surface area contributed by atoms with Gasteiger partial charge in [-0.05, 0) is 29.8 Å². The van der Waals surface area contributed by atoms with Crippen LogP contribution in [0, 0.1) is 0 Å². The number of carbonyl (C=O) groups excluding carboxylic acids is 1. The molecular formula is C17H18N2O4. The summed E-state index contributed by atoms with van der Waals surface area (Å²) >= 11 is 0. The molecule has 0 fully saturated rings. The van der Waals surface area contributed by atoms with Gasteiger partial charge in [-0.2, -0.15) is 5.10 Å². The van der Waals surface area contributed by atoms with Crippen molar-refractivity contribution in [1.29, 1.82) is 0 Å². The summed E-state index contributed by atoms with van der Waals surface area (Å²) in [5.41, 5.74) is 3.22. The van der Waals surface area contributed by atoms with Crippen LogP contribution in [0.25, 0.3) is 0 Å². The maximum Gasteiger partial charge on any atom is 0.277 e. The standard InChI is InChI=1S/C17H18N2O4/c1-21-14-7-5-6-13(10-14)11-18-19-17(20)12-23-16-9-4-3-8-15(16)22-2/h3-11H,12H2,1-2H3,(H,19,20)/b18-11+. The lowest BCUT2D eigenvalue weighted by Crippen LogP contribution is -2.24. The molecule has 0 radical (unpaired) electrons. The minimum absolute atomic E-state index is 0.157. The second kappa shape index (κ2) is 8.43. The third-order valence-electron chi connectivity index (χ3n) is 2.92. The quantitative estimate of drug-likeness (QED) is 0.628. The summed E-state index contributed by atoms with van der Waals surface area (Å²) in [5, 5.41) is 3.88. The molecule has 0 saturated carbocycles. The number of nitrogens with zero attached hydrogens (tertiary/aromatic N) is 1. The molecular weight excluding hydrogens is 296 g/mol. The van der Waals surface area contributed by atoms with Gasteiger partial charge in [-0.25, -0.2) is 5.43 Å². The summed E-state index contributed by atoms with van der Waals surface area (Å²) in [6, 6.07) is 14.4. The fourth-order valence-corrected chi connectivity index (χ4v) is 1.81. The highest BCUT2D eigenvalue weighted by Gasteiger charge is 2.05. The molecule has 23 heavy (non-hydrogen) atoms. The smallest absolute Gasteiger partial charge is 0.277 e. The Labute approximate surface area is 134 Å². The normalized spacial score (nSPS) is 10.3. The number of nitrogens with one attached hydrogen (secondary N) is 1. The number of hydrogen-bond acceptors (Lipinski definition) is 5. The van der Waals surface area contributed by atoms with Gasteiger partial charge in [-0.15, -0.1) is 0 Å². The minimum atomic E-state index is -0.366. The van der Waals surface area contributed by atoms with Crippen molar-refractivity contribution in [2.75, 3.05) is 20.8 Å². The molecule has 0 unspecified atom stereocenters. The molecule has 120 valence electrons.